The van der Waals surface area contributed by atoms with E-state index < -0.39 is 10.1 Å². The molecule has 3 unspecified atom stereocenters. The lowest BCUT2D eigenvalue weighted by molar-refractivity contribution is 0.0688. The number of rotatable bonds is 3. The van der Waals surface area contributed by atoms with Gasteiger partial charge in [-0.15, -0.1) is 0 Å². The first-order valence-corrected chi connectivity index (χ1v) is 9.45. The summed E-state index contributed by atoms with van der Waals surface area (Å²) in [6.45, 7) is 1.95. The maximum atomic E-state index is 12.3. The number of aryl methyl sites for hydroxylation is 1. The highest BCUT2D eigenvalue weighted by Gasteiger charge is 2.34. The van der Waals surface area contributed by atoms with Gasteiger partial charge in [-0.2, -0.15) is 8.42 Å². The molecular weight excluding hydrogens is 284 g/mol. The van der Waals surface area contributed by atoms with Crippen LogP contribution in [0.3, 0.4) is 0 Å². The van der Waals surface area contributed by atoms with Crippen molar-refractivity contribution in [2.24, 2.45) is 11.8 Å². The van der Waals surface area contributed by atoms with Crippen LogP contribution in [0.2, 0.25) is 0 Å². The smallest absolute Gasteiger partial charge is 0.263 e. The van der Waals surface area contributed by atoms with Crippen molar-refractivity contribution in [2.75, 3.05) is 0 Å². The van der Waals surface area contributed by atoms with E-state index >= 15 is 0 Å². The predicted molar refractivity (Wildman–Crippen MR) is 82.5 cm³/mol. The molecule has 21 heavy (non-hydrogen) atoms. The Hall–Kier alpha value is -0.870. The quantitative estimate of drug-likeness (QED) is 0.791. The summed E-state index contributed by atoms with van der Waals surface area (Å²) in [6.07, 6.45) is 7.99. The van der Waals surface area contributed by atoms with Gasteiger partial charge in [-0.05, 0) is 50.2 Å². The van der Waals surface area contributed by atoms with Crippen molar-refractivity contribution in [3.8, 4) is 0 Å². The van der Waals surface area contributed by atoms with Crippen LogP contribution in [0.1, 0.15) is 50.5 Å². The molecule has 0 amide bonds. The Bertz CT molecular complexity index is 577. The third kappa shape index (κ3) is 3.49. The third-order valence-electron chi connectivity index (χ3n) is 5.06. The molecule has 4 heteroatoms. The van der Waals surface area contributed by atoms with Gasteiger partial charge in [0.1, 0.15) is 0 Å². The highest BCUT2D eigenvalue weighted by molar-refractivity contribution is 7.86. The fraction of sp³-hybridized carbons (Fsp3) is 0.647. The van der Waals surface area contributed by atoms with Crippen molar-refractivity contribution >= 4 is 10.1 Å². The Morgan fingerprint density at radius 3 is 2.33 bits per heavy atom. The molecule has 1 aromatic rings. The van der Waals surface area contributed by atoms with Crippen molar-refractivity contribution in [1.82, 2.24) is 0 Å². The lowest BCUT2D eigenvalue weighted by Crippen LogP contribution is -2.33. The molecule has 3 rings (SSSR count). The highest BCUT2D eigenvalue weighted by Crippen LogP contribution is 2.41. The maximum Gasteiger partial charge on any atom is 0.297 e. The van der Waals surface area contributed by atoms with Gasteiger partial charge in [0.05, 0.1) is 11.0 Å². The second-order valence-corrected chi connectivity index (χ2v) is 8.18. The zero-order valence-electron chi connectivity index (χ0n) is 12.6. The molecule has 0 spiro atoms. The highest BCUT2D eigenvalue weighted by atomic mass is 32.2. The minimum Gasteiger partial charge on any atom is -0.263 e. The molecule has 0 aliphatic heterocycles. The van der Waals surface area contributed by atoms with Crippen LogP contribution in [0.5, 0.6) is 0 Å². The van der Waals surface area contributed by atoms with Crippen molar-refractivity contribution in [2.45, 2.75) is 62.9 Å². The molecule has 0 bridgehead atoms. The van der Waals surface area contributed by atoms with E-state index in [1.807, 2.05) is 19.1 Å². The van der Waals surface area contributed by atoms with Gasteiger partial charge in [0.15, 0.2) is 0 Å². The SMILES string of the molecule is Cc1ccc(S(=O)(=O)OC2CCC3CCCCC3C2)cc1. The van der Waals surface area contributed by atoms with Gasteiger partial charge in [0.25, 0.3) is 10.1 Å². The van der Waals surface area contributed by atoms with E-state index in [0.717, 1.165) is 30.7 Å². The molecule has 3 nitrogen and oxygen atoms in total. The van der Waals surface area contributed by atoms with Crippen molar-refractivity contribution in [3.63, 3.8) is 0 Å². The van der Waals surface area contributed by atoms with Crippen LogP contribution >= 0.6 is 0 Å². The first-order valence-electron chi connectivity index (χ1n) is 8.04. The van der Waals surface area contributed by atoms with E-state index in [1.165, 1.54) is 25.7 Å². The summed E-state index contributed by atoms with van der Waals surface area (Å²) in [5.74, 6) is 1.48. The van der Waals surface area contributed by atoms with Crippen LogP contribution in [-0.4, -0.2) is 14.5 Å². The van der Waals surface area contributed by atoms with Crippen LogP contribution in [-0.2, 0) is 14.3 Å². The van der Waals surface area contributed by atoms with Crippen molar-refractivity contribution in [3.05, 3.63) is 29.8 Å². The van der Waals surface area contributed by atoms with Crippen molar-refractivity contribution in [1.29, 1.82) is 0 Å². The zero-order valence-corrected chi connectivity index (χ0v) is 13.4. The Morgan fingerprint density at radius 1 is 0.952 bits per heavy atom. The molecule has 0 aromatic heterocycles. The zero-order chi connectivity index (χ0) is 14.9. The normalized spacial score (nSPS) is 29.9. The minimum atomic E-state index is -3.61. The average molecular weight is 308 g/mol. The second-order valence-electron chi connectivity index (χ2n) is 6.60. The number of benzene rings is 1. The summed E-state index contributed by atoms with van der Waals surface area (Å²) in [6, 6.07) is 6.90. The van der Waals surface area contributed by atoms with Crippen LogP contribution in [0.15, 0.2) is 29.2 Å². The molecule has 1 aromatic carbocycles. The monoisotopic (exact) mass is 308 g/mol. The lowest BCUT2D eigenvalue weighted by Gasteiger charge is -2.38. The second kappa shape index (κ2) is 6.09. The summed E-state index contributed by atoms with van der Waals surface area (Å²) in [5, 5.41) is 0. The van der Waals surface area contributed by atoms with E-state index in [-0.39, 0.29) is 11.0 Å². The summed E-state index contributed by atoms with van der Waals surface area (Å²) >= 11 is 0. The lowest BCUT2D eigenvalue weighted by atomic mass is 9.70. The predicted octanol–water partition coefficient (Wildman–Crippen LogP) is 4.06. The number of hydrogen-bond acceptors (Lipinski definition) is 3. The Balaban J connectivity index is 1.67. The van der Waals surface area contributed by atoms with Gasteiger partial charge in [0.2, 0.25) is 0 Å². The Labute approximate surface area is 127 Å². The average Bonchev–Trinajstić information content (AvgIpc) is 2.47. The molecule has 2 aliphatic rings. The van der Waals surface area contributed by atoms with Gasteiger partial charge in [0, 0.05) is 0 Å². The summed E-state index contributed by atoms with van der Waals surface area (Å²) in [5.41, 5.74) is 1.05. The molecule has 3 atom stereocenters. The van der Waals surface area contributed by atoms with Gasteiger partial charge in [-0.25, -0.2) is 0 Å². The van der Waals surface area contributed by atoms with E-state index in [0.29, 0.717) is 5.92 Å². The van der Waals surface area contributed by atoms with E-state index in [9.17, 15) is 8.42 Å². The largest absolute Gasteiger partial charge is 0.297 e. The maximum absolute atomic E-state index is 12.3. The third-order valence-corrected chi connectivity index (χ3v) is 6.44. The number of hydrogen-bond donors (Lipinski definition) is 0. The van der Waals surface area contributed by atoms with Crippen molar-refractivity contribution < 1.29 is 12.6 Å². The van der Waals surface area contributed by atoms with E-state index in [1.54, 1.807) is 12.1 Å². The Morgan fingerprint density at radius 2 is 1.62 bits per heavy atom. The molecule has 2 fully saturated rings. The van der Waals surface area contributed by atoms with Gasteiger partial charge < -0.3 is 0 Å². The van der Waals surface area contributed by atoms with Gasteiger partial charge in [-0.1, -0.05) is 43.4 Å². The minimum absolute atomic E-state index is 0.129. The topological polar surface area (TPSA) is 43.4 Å². The molecule has 116 valence electrons. The standard InChI is InChI=1S/C17H24O3S/c1-13-6-10-17(11-7-13)21(18,19)20-16-9-8-14-4-2-3-5-15(14)12-16/h6-7,10-11,14-16H,2-5,8-9,12H2,1H3. The molecule has 2 saturated carbocycles. The fourth-order valence-corrected chi connectivity index (χ4v) is 4.97. The first-order chi connectivity index (χ1) is 10.0. The van der Waals surface area contributed by atoms with E-state index in [2.05, 4.69) is 0 Å². The van der Waals surface area contributed by atoms with Crippen LogP contribution in [0.25, 0.3) is 0 Å². The fourth-order valence-electron chi connectivity index (χ4n) is 3.86. The Kier molecular flexibility index (Phi) is 4.36. The van der Waals surface area contributed by atoms with Gasteiger partial charge >= 0.3 is 0 Å². The van der Waals surface area contributed by atoms with Crippen LogP contribution < -0.4 is 0 Å². The molecule has 2 aliphatic carbocycles. The molecule has 0 radical (unpaired) electrons. The number of fused-ring (bicyclic) bond motifs is 1. The summed E-state index contributed by atoms with van der Waals surface area (Å²) < 4.78 is 30.2. The van der Waals surface area contributed by atoms with Crippen LogP contribution in [0, 0.1) is 18.8 Å². The first kappa shape index (κ1) is 15.0. The molecule has 0 heterocycles. The molecule has 0 N–H and O–H groups in total. The molecular formula is C17H24O3S. The van der Waals surface area contributed by atoms with Gasteiger partial charge in [-0.3, -0.25) is 4.18 Å². The molecule has 0 saturated heterocycles. The summed E-state index contributed by atoms with van der Waals surface area (Å²) in [7, 11) is -3.61. The van der Waals surface area contributed by atoms with E-state index in [4.69, 9.17) is 4.18 Å². The summed E-state index contributed by atoms with van der Waals surface area (Å²) in [4.78, 5) is 0.277. The van der Waals surface area contributed by atoms with Crippen LogP contribution in [0.4, 0.5) is 0 Å².